The Morgan fingerprint density at radius 3 is 2.41 bits per heavy atom. The predicted molar refractivity (Wildman–Crippen MR) is 93.2 cm³/mol. The maximum atomic E-state index is 4.26. The molecule has 1 aromatic rings. The number of aryl methyl sites for hydroxylation is 1. The van der Waals surface area contributed by atoms with Crippen molar-refractivity contribution in [3.8, 4) is 0 Å². The molecule has 0 spiro atoms. The Hall–Kier alpha value is -1.56. The number of guanidine groups is 1. The normalized spacial score (nSPS) is 12.5. The molecule has 2 N–H and O–H groups in total. The zero-order chi connectivity index (χ0) is 16.4. The van der Waals surface area contributed by atoms with E-state index in [9.17, 15) is 0 Å². The minimum Gasteiger partial charge on any atom is -0.356 e. The summed E-state index contributed by atoms with van der Waals surface area (Å²) in [5, 5.41) is 10.9. The summed E-state index contributed by atoms with van der Waals surface area (Å²) in [7, 11) is 1.81. The Morgan fingerprint density at radius 1 is 1.18 bits per heavy atom. The summed E-state index contributed by atoms with van der Waals surface area (Å²) in [5.41, 5.74) is 0. The van der Waals surface area contributed by atoms with Crippen LogP contribution in [0.1, 0.15) is 34.1 Å². The molecular weight excluding hydrogens is 276 g/mol. The van der Waals surface area contributed by atoms with Gasteiger partial charge in [-0.15, -0.1) is 0 Å². The van der Waals surface area contributed by atoms with E-state index in [0.29, 0.717) is 12.1 Å². The summed E-state index contributed by atoms with van der Waals surface area (Å²) in [5.74, 6) is 0.868. The van der Waals surface area contributed by atoms with Crippen LogP contribution in [0.5, 0.6) is 0 Å². The van der Waals surface area contributed by atoms with Gasteiger partial charge >= 0.3 is 0 Å². The van der Waals surface area contributed by atoms with E-state index >= 15 is 0 Å². The molecule has 0 aliphatic rings. The third-order valence-corrected chi connectivity index (χ3v) is 3.63. The first-order chi connectivity index (χ1) is 10.5. The number of aliphatic imine (C=N–C) groups is 1. The molecule has 126 valence electrons. The van der Waals surface area contributed by atoms with Gasteiger partial charge in [-0.2, -0.15) is 5.10 Å². The van der Waals surface area contributed by atoms with Crippen molar-refractivity contribution < 1.29 is 0 Å². The second-order valence-corrected chi connectivity index (χ2v) is 5.97. The van der Waals surface area contributed by atoms with E-state index in [1.165, 1.54) is 0 Å². The second-order valence-electron chi connectivity index (χ2n) is 5.97. The fourth-order valence-corrected chi connectivity index (χ4v) is 2.52. The topological polar surface area (TPSA) is 57.5 Å². The van der Waals surface area contributed by atoms with Gasteiger partial charge in [-0.3, -0.25) is 14.6 Å². The molecule has 1 rings (SSSR count). The lowest BCUT2D eigenvalue weighted by molar-refractivity contribution is 0.178. The number of hydrogen-bond acceptors (Lipinski definition) is 3. The first-order valence-electron chi connectivity index (χ1n) is 8.22. The second kappa shape index (κ2) is 10.2. The monoisotopic (exact) mass is 308 g/mol. The van der Waals surface area contributed by atoms with Crippen LogP contribution in [0, 0.1) is 0 Å². The van der Waals surface area contributed by atoms with E-state index in [0.717, 1.165) is 38.6 Å². The zero-order valence-electron chi connectivity index (χ0n) is 14.7. The molecule has 0 saturated carbocycles. The van der Waals surface area contributed by atoms with Crippen LogP contribution in [0.4, 0.5) is 0 Å². The molecule has 1 aromatic heterocycles. The van der Waals surface area contributed by atoms with Gasteiger partial charge in [0.15, 0.2) is 5.96 Å². The molecule has 0 aromatic carbocycles. The lowest BCUT2D eigenvalue weighted by atomic mass is 10.2. The van der Waals surface area contributed by atoms with Crippen LogP contribution < -0.4 is 10.6 Å². The van der Waals surface area contributed by atoms with Gasteiger partial charge in [-0.25, -0.2) is 0 Å². The van der Waals surface area contributed by atoms with E-state index < -0.39 is 0 Å². The van der Waals surface area contributed by atoms with Gasteiger partial charge in [-0.05, 0) is 40.2 Å². The Labute approximate surface area is 135 Å². The molecule has 0 saturated heterocycles. The molecular formula is C16H32N6. The molecule has 0 fully saturated rings. The highest BCUT2D eigenvalue weighted by Gasteiger charge is 2.12. The van der Waals surface area contributed by atoms with Crippen LogP contribution in [0.25, 0.3) is 0 Å². The van der Waals surface area contributed by atoms with Crippen LogP contribution in [0.15, 0.2) is 23.5 Å². The van der Waals surface area contributed by atoms with E-state index in [1.807, 2.05) is 30.2 Å². The molecule has 0 amide bonds. The van der Waals surface area contributed by atoms with Crippen molar-refractivity contribution in [2.24, 2.45) is 4.99 Å². The van der Waals surface area contributed by atoms with Crippen molar-refractivity contribution in [1.82, 2.24) is 25.3 Å². The zero-order valence-corrected chi connectivity index (χ0v) is 14.7. The van der Waals surface area contributed by atoms with Crippen molar-refractivity contribution in [3.05, 3.63) is 18.5 Å². The van der Waals surface area contributed by atoms with Crippen LogP contribution in [-0.4, -0.2) is 59.4 Å². The third-order valence-electron chi connectivity index (χ3n) is 3.63. The van der Waals surface area contributed by atoms with E-state index in [2.05, 4.69) is 53.3 Å². The number of hydrogen-bond donors (Lipinski definition) is 2. The fourth-order valence-electron chi connectivity index (χ4n) is 2.52. The molecule has 0 bridgehead atoms. The molecule has 22 heavy (non-hydrogen) atoms. The van der Waals surface area contributed by atoms with Gasteiger partial charge < -0.3 is 10.6 Å². The SMILES string of the molecule is CN=C(NCCCn1cccn1)NCCN(C(C)C)C(C)C. The third kappa shape index (κ3) is 6.93. The average molecular weight is 308 g/mol. The standard InChI is InChI=1S/C16H32N6/c1-14(2)22(15(3)4)13-10-19-16(17-5)18-8-6-11-21-12-7-9-20-21/h7,9,12,14-15H,6,8,10-11,13H2,1-5H3,(H2,17,18,19). The summed E-state index contributed by atoms with van der Waals surface area (Å²) in [6.07, 6.45) is 4.81. The van der Waals surface area contributed by atoms with Gasteiger partial charge in [-0.1, -0.05) is 0 Å². The summed E-state index contributed by atoms with van der Waals surface area (Å²) in [6, 6.07) is 3.07. The Balaban J connectivity index is 2.19. The van der Waals surface area contributed by atoms with Crippen molar-refractivity contribution >= 4 is 5.96 Å². The number of rotatable bonds is 9. The Kier molecular flexibility index (Phi) is 8.58. The molecule has 0 aliphatic heterocycles. The molecule has 0 unspecified atom stereocenters. The van der Waals surface area contributed by atoms with Crippen molar-refractivity contribution in [2.45, 2.75) is 52.7 Å². The Morgan fingerprint density at radius 2 is 1.86 bits per heavy atom. The first kappa shape index (κ1) is 18.5. The largest absolute Gasteiger partial charge is 0.356 e. The van der Waals surface area contributed by atoms with Crippen LogP contribution in [-0.2, 0) is 6.54 Å². The predicted octanol–water partition coefficient (Wildman–Crippen LogP) is 1.56. The van der Waals surface area contributed by atoms with E-state index in [4.69, 9.17) is 0 Å². The maximum absolute atomic E-state index is 4.26. The summed E-state index contributed by atoms with van der Waals surface area (Å²) < 4.78 is 1.95. The van der Waals surface area contributed by atoms with Gasteiger partial charge in [0.1, 0.15) is 0 Å². The molecule has 0 radical (unpaired) electrons. The summed E-state index contributed by atoms with van der Waals surface area (Å²) in [4.78, 5) is 6.73. The number of aromatic nitrogens is 2. The van der Waals surface area contributed by atoms with Gasteiger partial charge in [0.05, 0.1) is 0 Å². The quantitative estimate of drug-likeness (QED) is 0.413. The van der Waals surface area contributed by atoms with Crippen molar-refractivity contribution in [2.75, 3.05) is 26.7 Å². The van der Waals surface area contributed by atoms with E-state index in [-0.39, 0.29) is 0 Å². The minimum atomic E-state index is 0.561. The molecule has 0 aliphatic carbocycles. The number of nitrogens with zero attached hydrogens (tertiary/aromatic N) is 4. The van der Waals surface area contributed by atoms with Gasteiger partial charge in [0.25, 0.3) is 0 Å². The maximum Gasteiger partial charge on any atom is 0.191 e. The fraction of sp³-hybridized carbons (Fsp3) is 0.750. The van der Waals surface area contributed by atoms with Crippen molar-refractivity contribution in [1.29, 1.82) is 0 Å². The smallest absolute Gasteiger partial charge is 0.191 e. The molecule has 0 atom stereocenters. The highest BCUT2D eigenvalue weighted by atomic mass is 15.3. The average Bonchev–Trinajstić information content (AvgIpc) is 2.98. The minimum absolute atomic E-state index is 0.561. The number of nitrogens with one attached hydrogen (secondary N) is 2. The van der Waals surface area contributed by atoms with Crippen LogP contribution >= 0.6 is 0 Å². The highest BCUT2D eigenvalue weighted by molar-refractivity contribution is 5.79. The Bertz CT molecular complexity index is 402. The van der Waals surface area contributed by atoms with Crippen molar-refractivity contribution in [3.63, 3.8) is 0 Å². The van der Waals surface area contributed by atoms with Gasteiger partial charge in [0, 0.05) is 57.7 Å². The van der Waals surface area contributed by atoms with Crippen LogP contribution in [0.2, 0.25) is 0 Å². The lowest BCUT2D eigenvalue weighted by Gasteiger charge is -2.30. The van der Waals surface area contributed by atoms with Gasteiger partial charge in [0.2, 0.25) is 0 Å². The van der Waals surface area contributed by atoms with Crippen LogP contribution in [0.3, 0.4) is 0 Å². The highest BCUT2D eigenvalue weighted by Crippen LogP contribution is 2.03. The lowest BCUT2D eigenvalue weighted by Crippen LogP contribution is -2.45. The molecule has 6 heteroatoms. The molecule has 6 nitrogen and oxygen atoms in total. The summed E-state index contributed by atoms with van der Waals surface area (Å²) >= 11 is 0. The van der Waals surface area contributed by atoms with E-state index in [1.54, 1.807) is 0 Å². The first-order valence-corrected chi connectivity index (χ1v) is 8.22. The summed E-state index contributed by atoms with van der Waals surface area (Å²) in [6.45, 7) is 12.7. The molecule has 1 heterocycles.